The van der Waals surface area contributed by atoms with Gasteiger partial charge in [0.2, 0.25) is 0 Å². The second kappa shape index (κ2) is 7.03. The fraction of sp³-hybridized carbons (Fsp3) is 0.500. The average Bonchev–Trinajstić information content (AvgIpc) is 2.52. The van der Waals surface area contributed by atoms with Gasteiger partial charge in [0.15, 0.2) is 0 Å². The summed E-state index contributed by atoms with van der Waals surface area (Å²) in [5.41, 5.74) is 1.23. The lowest BCUT2D eigenvalue weighted by atomic mass is 10.2. The number of rotatable bonds is 5. The van der Waals surface area contributed by atoms with Crippen LogP contribution in [0.2, 0.25) is 0 Å². The summed E-state index contributed by atoms with van der Waals surface area (Å²) in [6.07, 6.45) is 1.76. The van der Waals surface area contributed by atoms with Crippen molar-refractivity contribution >= 4 is 17.6 Å². The Kier molecular flexibility index (Phi) is 5.10. The molecule has 1 saturated heterocycles. The number of piperazine rings is 1. The molecule has 1 aromatic rings. The van der Waals surface area contributed by atoms with Gasteiger partial charge in [0.25, 0.3) is 0 Å². The molecule has 7 heteroatoms. The molecular weight excluding hydrogens is 274 g/mol. The van der Waals surface area contributed by atoms with Crippen molar-refractivity contribution in [3.63, 3.8) is 0 Å². The summed E-state index contributed by atoms with van der Waals surface area (Å²) in [5, 5.41) is 8.69. The van der Waals surface area contributed by atoms with Crippen LogP contribution < -0.4 is 4.90 Å². The Labute approximate surface area is 123 Å². The first-order chi connectivity index (χ1) is 10.1. The van der Waals surface area contributed by atoms with Gasteiger partial charge in [-0.2, -0.15) is 0 Å². The van der Waals surface area contributed by atoms with Gasteiger partial charge < -0.3 is 14.7 Å². The number of nitrogens with zero attached hydrogens (tertiary/aromatic N) is 3. The number of carbonyl (C=O) groups is 2. The summed E-state index contributed by atoms with van der Waals surface area (Å²) < 4.78 is 4.67. The molecule has 21 heavy (non-hydrogen) atoms. The molecule has 0 aromatic carbocycles. The van der Waals surface area contributed by atoms with Crippen LogP contribution in [-0.4, -0.2) is 66.8 Å². The summed E-state index contributed by atoms with van der Waals surface area (Å²) >= 11 is 0. The van der Waals surface area contributed by atoms with Crippen molar-refractivity contribution in [2.75, 3.05) is 44.7 Å². The SMILES string of the molecule is COC(=O)c1cc(N2CCN(CCC(=O)O)CC2)ccn1. The van der Waals surface area contributed by atoms with Crippen LogP contribution in [0.1, 0.15) is 16.9 Å². The number of methoxy groups -OCH3 is 1. The summed E-state index contributed by atoms with van der Waals surface area (Å²) in [6.45, 7) is 3.79. The van der Waals surface area contributed by atoms with Gasteiger partial charge in [0.05, 0.1) is 13.5 Å². The number of hydrogen-bond donors (Lipinski definition) is 1. The molecule has 2 rings (SSSR count). The first-order valence-corrected chi connectivity index (χ1v) is 6.83. The van der Waals surface area contributed by atoms with E-state index in [1.54, 1.807) is 12.3 Å². The molecule has 0 spiro atoms. The van der Waals surface area contributed by atoms with Gasteiger partial charge in [-0.15, -0.1) is 0 Å². The fourth-order valence-corrected chi connectivity index (χ4v) is 2.32. The zero-order valence-electron chi connectivity index (χ0n) is 12.0. The van der Waals surface area contributed by atoms with E-state index in [0.29, 0.717) is 12.2 Å². The number of aromatic nitrogens is 1. The monoisotopic (exact) mass is 293 g/mol. The minimum atomic E-state index is -0.769. The quantitative estimate of drug-likeness (QED) is 0.790. The van der Waals surface area contributed by atoms with Crippen LogP contribution >= 0.6 is 0 Å². The predicted octanol–water partition coefficient (Wildman–Crippen LogP) is 0.465. The molecule has 0 amide bonds. The largest absolute Gasteiger partial charge is 0.481 e. The van der Waals surface area contributed by atoms with E-state index in [1.165, 1.54) is 7.11 Å². The van der Waals surface area contributed by atoms with Gasteiger partial charge in [-0.3, -0.25) is 9.69 Å². The first kappa shape index (κ1) is 15.2. The standard InChI is InChI=1S/C14H19N3O4/c1-21-14(20)12-10-11(2-4-15-12)17-8-6-16(7-9-17)5-3-13(18)19/h2,4,10H,3,5-9H2,1H3,(H,18,19). The zero-order chi connectivity index (χ0) is 15.2. The summed E-state index contributed by atoms with van der Waals surface area (Å²) in [4.78, 5) is 30.3. The number of carbonyl (C=O) groups excluding carboxylic acids is 1. The van der Waals surface area contributed by atoms with E-state index in [2.05, 4.69) is 19.5 Å². The van der Waals surface area contributed by atoms with Crippen LogP contribution in [0.25, 0.3) is 0 Å². The maximum absolute atomic E-state index is 11.5. The Bertz CT molecular complexity index is 513. The Balaban J connectivity index is 1.93. The molecule has 0 atom stereocenters. The van der Waals surface area contributed by atoms with Crippen molar-refractivity contribution in [3.8, 4) is 0 Å². The molecule has 1 fully saturated rings. The van der Waals surface area contributed by atoms with Crippen molar-refractivity contribution in [1.82, 2.24) is 9.88 Å². The Morgan fingerprint density at radius 3 is 2.67 bits per heavy atom. The van der Waals surface area contributed by atoms with Crippen molar-refractivity contribution in [2.24, 2.45) is 0 Å². The third-order valence-electron chi connectivity index (χ3n) is 3.52. The molecule has 0 unspecified atom stereocenters. The van der Waals surface area contributed by atoms with Gasteiger partial charge in [-0.1, -0.05) is 0 Å². The molecule has 1 N–H and O–H groups in total. The van der Waals surface area contributed by atoms with Crippen LogP contribution in [0.3, 0.4) is 0 Å². The number of anilines is 1. The van der Waals surface area contributed by atoms with E-state index >= 15 is 0 Å². The smallest absolute Gasteiger partial charge is 0.356 e. The van der Waals surface area contributed by atoms with Crippen LogP contribution in [0, 0.1) is 0 Å². The number of ether oxygens (including phenoxy) is 1. The highest BCUT2D eigenvalue weighted by molar-refractivity contribution is 5.88. The van der Waals surface area contributed by atoms with E-state index in [1.807, 2.05) is 6.07 Å². The molecule has 1 aliphatic heterocycles. The van der Waals surface area contributed by atoms with E-state index in [9.17, 15) is 9.59 Å². The molecule has 114 valence electrons. The molecule has 1 aromatic heterocycles. The highest BCUT2D eigenvalue weighted by Gasteiger charge is 2.19. The van der Waals surface area contributed by atoms with Crippen molar-refractivity contribution in [1.29, 1.82) is 0 Å². The third kappa shape index (κ3) is 4.16. The molecule has 0 bridgehead atoms. The fourth-order valence-electron chi connectivity index (χ4n) is 2.32. The topological polar surface area (TPSA) is 83.0 Å². The number of pyridine rings is 1. The molecule has 0 aliphatic carbocycles. The van der Waals surface area contributed by atoms with E-state index in [0.717, 1.165) is 31.9 Å². The lowest BCUT2D eigenvalue weighted by molar-refractivity contribution is -0.137. The van der Waals surface area contributed by atoms with Gasteiger partial charge in [0, 0.05) is 44.6 Å². The number of carboxylic acids is 1. The third-order valence-corrected chi connectivity index (χ3v) is 3.52. The van der Waals surface area contributed by atoms with Crippen LogP contribution in [-0.2, 0) is 9.53 Å². The van der Waals surface area contributed by atoms with Crippen molar-refractivity contribution in [3.05, 3.63) is 24.0 Å². The summed E-state index contributed by atoms with van der Waals surface area (Å²) in [5.74, 6) is -1.22. The normalized spacial score (nSPS) is 15.8. The summed E-state index contributed by atoms with van der Waals surface area (Å²) in [6, 6.07) is 3.58. The van der Waals surface area contributed by atoms with Gasteiger partial charge in [0.1, 0.15) is 5.69 Å². The molecule has 0 saturated carbocycles. The maximum atomic E-state index is 11.5. The molecule has 1 aliphatic rings. The first-order valence-electron chi connectivity index (χ1n) is 6.83. The minimum Gasteiger partial charge on any atom is -0.481 e. The maximum Gasteiger partial charge on any atom is 0.356 e. The molecule has 2 heterocycles. The lowest BCUT2D eigenvalue weighted by Crippen LogP contribution is -2.47. The van der Waals surface area contributed by atoms with Crippen LogP contribution in [0.4, 0.5) is 5.69 Å². The second-order valence-electron chi connectivity index (χ2n) is 4.86. The Morgan fingerprint density at radius 1 is 1.33 bits per heavy atom. The van der Waals surface area contributed by atoms with Gasteiger partial charge in [-0.05, 0) is 12.1 Å². The summed E-state index contributed by atoms with van der Waals surface area (Å²) in [7, 11) is 1.33. The zero-order valence-corrected chi connectivity index (χ0v) is 12.0. The molecule has 0 radical (unpaired) electrons. The highest BCUT2D eigenvalue weighted by Crippen LogP contribution is 2.17. The Hall–Kier alpha value is -2.15. The number of aliphatic carboxylic acids is 1. The molecular formula is C14H19N3O4. The molecule has 7 nitrogen and oxygen atoms in total. The van der Waals surface area contributed by atoms with Gasteiger partial charge >= 0.3 is 11.9 Å². The van der Waals surface area contributed by atoms with E-state index in [-0.39, 0.29) is 6.42 Å². The number of carboxylic acid groups (broad SMARTS) is 1. The van der Waals surface area contributed by atoms with Crippen LogP contribution in [0.15, 0.2) is 18.3 Å². The number of esters is 1. The lowest BCUT2D eigenvalue weighted by Gasteiger charge is -2.35. The van der Waals surface area contributed by atoms with E-state index < -0.39 is 11.9 Å². The second-order valence-corrected chi connectivity index (χ2v) is 4.86. The highest BCUT2D eigenvalue weighted by atomic mass is 16.5. The van der Waals surface area contributed by atoms with Crippen molar-refractivity contribution in [2.45, 2.75) is 6.42 Å². The number of hydrogen-bond acceptors (Lipinski definition) is 6. The minimum absolute atomic E-state index is 0.168. The van der Waals surface area contributed by atoms with Crippen molar-refractivity contribution < 1.29 is 19.4 Å². The Morgan fingerprint density at radius 2 is 2.05 bits per heavy atom. The van der Waals surface area contributed by atoms with E-state index in [4.69, 9.17) is 5.11 Å². The average molecular weight is 293 g/mol. The van der Waals surface area contributed by atoms with Crippen LogP contribution in [0.5, 0.6) is 0 Å². The van der Waals surface area contributed by atoms with Gasteiger partial charge in [-0.25, -0.2) is 9.78 Å². The predicted molar refractivity (Wildman–Crippen MR) is 76.5 cm³/mol.